The fraction of sp³-hybridized carbons (Fsp3) is 0.227. The van der Waals surface area contributed by atoms with Crippen LogP contribution in [0.25, 0.3) is 11.0 Å². The number of carbonyl (C=O) groups is 2. The summed E-state index contributed by atoms with van der Waals surface area (Å²) in [5, 5.41) is 3.44. The van der Waals surface area contributed by atoms with Crippen molar-refractivity contribution in [3.8, 4) is 5.75 Å². The van der Waals surface area contributed by atoms with E-state index in [1.807, 2.05) is 0 Å². The van der Waals surface area contributed by atoms with E-state index in [1.165, 1.54) is 29.2 Å². The van der Waals surface area contributed by atoms with Crippen molar-refractivity contribution < 1.29 is 23.1 Å². The number of nitrogens with zero attached hydrogens (tertiary/aromatic N) is 1. The average Bonchev–Trinajstić information content (AvgIpc) is 2.75. The SMILES string of the molecule is CCN(CC(=O)NCc1ccc(F)cc1)C(=O)COc1ccc2ccc(=O)oc2c1. The number of amides is 2. The quantitative estimate of drug-likeness (QED) is 0.574. The zero-order chi connectivity index (χ0) is 21.5. The van der Waals surface area contributed by atoms with Crippen molar-refractivity contribution in [1.82, 2.24) is 10.2 Å². The van der Waals surface area contributed by atoms with Gasteiger partial charge in [0.05, 0.1) is 6.54 Å². The Bertz CT molecular complexity index is 1090. The first-order valence-corrected chi connectivity index (χ1v) is 9.40. The molecule has 0 radical (unpaired) electrons. The maximum Gasteiger partial charge on any atom is 0.336 e. The van der Waals surface area contributed by atoms with Crippen molar-refractivity contribution in [2.24, 2.45) is 0 Å². The number of likely N-dealkylation sites (N-methyl/N-ethyl adjacent to an activating group) is 1. The monoisotopic (exact) mass is 412 g/mol. The van der Waals surface area contributed by atoms with Gasteiger partial charge in [-0.05, 0) is 42.8 Å². The summed E-state index contributed by atoms with van der Waals surface area (Å²) >= 11 is 0. The predicted molar refractivity (Wildman–Crippen MR) is 108 cm³/mol. The lowest BCUT2D eigenvalue weighted by molar-refractivity contribution is -0.137. The van der Waals surface area contributed by atoms with Crippen molar-refractivity contribution in [1.29, 1.82) is 0 Å². The molecule has 1 aromatic heterocycles. The summed E-state index contributed by atoms with van der Waals surface area (Å²) in [7, 11) is 0. The maximum absolute atomic E-state index is 12.9. The molecule has 0 unspecified atom stereocenters. The Hall–Kier alpha value is -3.68. The molecule has 3 rings (SSSR count). The summed E-state index contributed by atoms with van der Waals surface area (Å²) in [5.74, 6) is -0.658. The van der Waals surface area contributed by atoms with E-state index in [1.54, 1.807) is 37.3 Å². The highest BCUT2D eigenvalue weighted by Gasteiger charge is 2.16. The molecule has 0 aliphatic heterocycles. The Morgan fingerprint density at radius 3 is 2.57 bits per heavy atom. The molecule has 8 heteroatoms. The van der Waals surface area contributed by atoms with Gasteiger partial charge in [-0.2, -0.15) is 0 Å². The Morgan fingerprint density at radius 2 is 1.83 bits per heavy atom. The smallest absolute Gasteiger partial charge is 0.336 e. The van der Waals surface area contributed by atoms with Crippen molar-refractivity contribution >= 4 is 22.8 Å². The standard InChI is InChI=1S/C22H21FN2O5/c1-2-25(13-20(26)24-12-15-3-7-17(23)8-4-15)21(27)14-29-18-9-5-16-6-10-22(28)30-19(16)11-18/h3-11H,2,12-14H2,1H3,(H,24,26). The Balaban J connectivity index is 1.52. The molecule has 0 spiro atoms. The minimum absolute atomic E-state index is 0.119. The molecule has 156 valence electrons. The second kappa shape index (κ2) is 9.69. The van der Waals surface area contributed by atoms with Crippen LogP contribution in [0.1, 0.15) is 12.5 Å². The van der Waals surface area contributed by atoms with Crippen LogP contribution in [0.5, 0.6) is 5.75 Å². The van der Waals surface area contributed by atoms with Crippen LogP contribution in [0.4, 0.5) is 4.39 Å². The molecular weight excluding hydrogens is 391 g/mol. The highest BCUT2D eigenvalue weighted by Crippen LogP contribution is 2.19. The third-order valence-corrected chi connectivity index (χ3v) is 4.43. The number of hydrogen-bond acceptors (Lipinski definition) is 5. The zero-order valence-corrected chi connectivity index (χ0v) is 16.4. The molecule has 3 aromatic rings. The number of rotatable bonds is 8. The van der Waals surface area contributed by atoms with Gasteiger partial charge in [0, 0.05) is 30.6 Å². The molecule has 0 aliphatic rings. The summed E-state index contributed by atoms with van der Waals surface area (Å²) in [5.41, 5.74) is 0.643. The Kier molecular flexibility index (Phi) is 6.79. The topological polar surface area (TPSA) is 88.9 Å². The van der Waals surface area contributed by atoms with Gasteiger partial charge in [0.15, 0.2) is 6.61 Å². The normalized spacial score (nSPS) is 10.6. The number of ether oxygens (including phenoxy) is 1. The van der Waals surface area contributed by atoms with Crippen molar-refractivity contribution in [3.63, 3.8) is 0 Å². The summed E-state index contributed by atoms with van der Waals surface area (Å²) in [6.07, 6.45) is 0. The number of benzene rings is 2. The van der Waals surface area contributed by atoms with Crippen LogP contribution in [0.3, 0.4) is 0 Å². The van der Waals surface area contributed by atoms with Gasteiger partial charge < -0.3 is 19.4 Å². The number of hydrogen-bond donors (Lipinski definition) is 1. The molecule has 2 amide bonds. The Morgan fingerprint density at radius 1 is 1.10 bits per heavy atom. The van der Waals surface area contributed by atoms with Crippen molar-refractivity contribution in [2.75, 3.05) is 19.7 Å². The van der Waals surface area contributed by atoms with Gasteiger partial charge in [-0.15, -0.1) is 0 Å². The molecule has 0 aliphatic carbocycles. The minimum atomic E-state index is -0.473. The summed E-state index contributed by atoms with van der Waals surface area (Å²) in [6, 6.07) is 13.7. The van der Waals surface area contributed by atoms with E-state index in [0.717, 1.165) is 10.9 Å². The number of nitrogens with one attached hydrogen (secondary N) is 1. The molecule has 30 heavy (non-hydrogen) atoms. The van der Waals surface area contributed by atoms with E-state index in [4.69, 9.17) is 9.15 Å². The summed E-state index contributed by atoms with van der Waals surface area (Å²) in [4.78, 5) is 37.3. The van der Waals surface area contributed by atoms with Gasteiger partial charge in [-0.3, -0.25) is 9.59 Å². The van der Waals surface area contributed by atoms with Gasteiger partial charge in [0.2, 0.25) is 5.91 Å². The maximum atomic E-state index is 12.9. The highest BCUT2D eigenvalue weighted by molar-refractivity contribution is 5.85. The first-order valence-electron chi connectivity index (χ1n) is 9.40. The molecule has 0 saturated heterocycles. The van der Waals surface area contributed by atoms with Gasteiger partial charge in [-0.25, -0.2) is 9.18 Å². The van der Waals surface area contributed by atoms with Gasteiger partial charge in [0.25, 0.3) is 5.91 Å². The average molecular weight is 412 g/mol. The van der Waals surface area contributed by atoms with Gasteiger partial charge in [0.1, 0.15) is 17.1 Å². The largest absolute Gasteiger partial charge is 0.484 e. The fourth-order valence-corrected chi connectivity index (χ4v) is 2.78. The zero-order valence-electron chi connectivity index (χ0n) is 16.4. The van der Waals surface area contributed by atoms with E-state index in [0.29, 0.717) is 17.9 Å². The van der Waals surface area contributed by atoms with Crippen LogP contribution in [0.2, 0.25) is 0 Å². The van der Waals surface area contributed by atoms with Crippen molar-refractivity contribution in [3.05, 3.63) is 76.4 Å². The van der Waals surface area contributed by atoms with E-state index >= 15 is 0 Å². The number of fused-ring (bicyclic) bond motifs is 1. The van der Waals surface area contributed by atoms with Gasteiger partial charge in [-0.1, -0.05) is 12.1 Å². The van der Waals surface area contributed by atoms with E-state index < -0.39 is 5.63 Å². The lowest BCUT2D eigenvalue weighted by atomic mass is 10.2. The summed E-state index contributed by atoms with van der Waals surface area (Å²) < 4.78 is 23.5. The Labute approximate surface area is 172 Å². The summed E-state index contributed by atoms with van der Waals surface area (Å²) in [6.45, 7) is 1.95. The molecule has 0 fully saturated rings. The second-order valence-corrected chi connectivity index (χ2v) is 6.55. The fourth-order valence-electron chi connectivity index (χ4n) is 2.78. The minimum Gasteiger partial charge on any atom is -0.484 e. The molecular formula is C22H21FN2O5. The lowest BCUT2D eigenvalue weighted by Crippen LogP contribution is -2.42. The molecule has 1 N–H and O–H groups in total. The third kappa shape index (κ3) is 5.66. The van der Waals surface area contributed by atoms with E-state index in [9.17, 15) is 18.8 Å². The molecule has 0 saturated carbocycles. The second-order valence-electron chi connectivity index (χ2n) is 6.55. The first kappa shape index (κ1) is 21.0. The van der Waals surface area contributed by atoms with Crippen LogP contribution < -0.4 is 15.7 Å². The highest BCUT2D eigenvalue weighted by atomic mass is 19.1. The van der Waals surface area contributed by atoms with Crippen LogP contribution in [-0.4, -0.2) is 36.4 Å². The molecule has 2 aromatic carbocycles. The number of carbonyl (C=O) groups excluding carboxylic acids is 2. The van der Waals surface area contributed by atoms with Crippen LogP contribution in [0.15, 0.2) is 63.8 Å². The van der Waals surface area contributed by atoms with Gasteiger partial charge >= 0.3 is 5.63 Å². The van der Waals surface area contributed by atoms with Crippen LogP contribution in [-0.2, 0) is 16.1 Å². The van der Waals surface area contributed by atoms with E-state index in [-0.39, 0.29) is 37.3 Å². The van der Waals surface area contributed by atoms with Crippen LogP contribution in [0, 0.1) is 5.82 Å². The molecule has 7 nitrogen and oxygen atoms in total. The third-order valence-electron chi connectivity index (χ3n) is 4.43. The predicted octanol–water partition coefficient (Wildman–Crippen LogP) is 2.48. The number of halogens is 1. The first-order chi connectivity index (χ1) is 14.4. The molecule has 1 heterocycles. The van der Waals surface area contributed by atoms with E-state index in [2.05, 4.69) is 5.32 Å². The lowest BCUT2D eigenvalue weighted by Gasteiger charge is -2.20. The molecule has 0 bridgehead atoms. The molecule has 0 atom stereocenters. The van der Waals surface area contributed by atoms with Crippen molar-refractivity contribution in [2.45, 2.75) is 13.5 Å². The van der Waals surface area contributed by atoms with Crippen LogP contribution >= 0.6 is 0 Å².